The van der Waals surface area contributed by atoms with Crippen molar-refractivity contribution in [3.05, 3.63) is 39.9 Å². The van der Waals surface area contributed by atoms with Crippen molar-refractivity contribution in [1.82, 2.24) is 15.6 Å². The van der Waals surface area contributed by atoms with Crippen LogP contribution in [0.2, 0.25) is 5.02 Å². The first-order valence-electron chi connectivity index (χ1n) is 6.86. The zero-order chi connectivity index (χ0) is 14.8. The molecule has 1 aliphatic heterocycles. The Balaban J connectivity index is 0.00000132. The summed E-state index contributed by atoms with van der Waals surface area (Å²) in [6.45, 7) is 4.56. The average molecular weight is 395 g/mol. The molecule has 1 aliphatic rings. The number of nitrogens with zero attached hydrogens (tertiary/aromatic N) is 1. The third kappa shape index (κ3) is 4.81. The third-order valence-corrected chi connectivity index (χ3v) is 4.97. The predicted molar refractivity (Wildman–Crippen MR) is 100 cm³/mol. The van der Waals surface area contributed by atoms with E-state index in [-0.39, 0.29) is 30.7 Å². The number of aryl methyl sites for hydroxylation is 1. The van der Waals surface area contributed by atoms with Crippen molar-refractivity contribution in [2.45, 2.75) is 6.92 Å². The molecule has 0 spiro atoms. The Bertz CT molecular complexity index is 656. The van der Waals surface area contributed by atoms with Crippen LogP contribution in [0.3, 0.4) is 0 Å². The molecule has 2 heterocycles. The molecular formula is C15H18Cl3N3OS. The molecule has 2 N–H and O–H groups in total. The first-order chi connectivity index (χ1) is 10.1. The van der Waals surface area contributed by atoms with E-state index < -0.39 is 0 Å². The molecule has 0 atom stereocenters. The zero-order valence-electron chi connectivity index (χ0n) is 12.5. The summed E-state index contributed by atoms with van der Waals surface area (Å²) >= 11 is 7.31. The highest BCUT2D eigenvalue weighted by atomic mass is 35.5. The molecule has 1 aromatic carbocycles. The van der Waals surface area contributed by atoms with Crippen molar-refractivity contribution >= 4 is 53.7 Å². The molecule has 0 bridgehead atoms. The number of hydrogen-bond acceptors (Lipinski definition) is 4. The first-order valence-corrected chi connectivity index (χ1v) is 8.05. The Hall–Kier alpha value is -0.850. The lowest BCUT2D eigenvalue weighted by atomic mass is 10.0. The molecule has 3 rings (SSSR count). The van der Waals surface area contributed by atoms with Crippen LogP contribution in [0, 0.1) is 12.8 Å². The second-order valence-electron chi connectivity index (χ2n) is 5.17. The Morgan fingerprint density at radius 3 is 2.57 bits per heavy atom. The van der Waals surface area contributed by atoms with Crippen molar-refractivity contribution in [3.8, 4) is 10.6 Å². The summed E-state index contributed by atoms with van der Waals surface area (Å²) in [4.78, 5) is 17.4. The Morgan fingerprint density at radius 2 is 2.00 bits per heavy atom. The van der Waals surface area contributed by atoms with E-state index in [4.69, 9.17) is 11.6 Å². The summed E-state index contributed by atoms with van der Waals surface area (Å²) in [7, 11) is 0. The first kappa shape index (κ1) is 20.2. The van der Waals surface area contributed by atoms with Crippen LogP contribution in [-0.4, -0.2) is 30.5 Å². The molecule has 0 unspecified atom stereocenters. The Kier molecular flexibility index (Phi) is 7.77. The molecule has 1 aromatic heterocycles. The number of carbonyl (C=O) groups excluding carboxylic acids is 1. The van der Waals surface area contributed by atoms with E-state index >= 15 is 0 Å². The number of hydrogen-bond donors (Lipinski definition) is 2. The molecule has 2 aromatic rings. The molecule has 1 amide bonds. The van der Waals surface area contributed by atoms with Crippen LogP contribution >= 0.6 is 47.8 Å². The minimum absolute atomic E-state index is 0. The SMILES string of the molecule is Cc1nc(-c2ccc(Cl)cc2)sc1C(=O)NCC1CNC1.Cl.Cl. The van der Waals surface area contributed by atoms with Gasteiger partial charge in [0.15, 0.2) is 0 Å². The summed E-state index contributed by atoms with van der Waals surface area (Å²) in [5.41, 5.74) is 1.75. The summed E-state index contributed by atoms with van der Waals surface area (Å²) in [5.74, 6) is 0.523. The van der Waals surface area contributed by atoms with Gasteiger partial charge in [-0.05, 0) is 19.1 Å². The number of carbonyl (C=O) groups is 1. The highest BCUT2D eigenvalue weighted by molar-refractivity contribution is 7.17. The Labute approximate surface area is 156 Å². The fraction of sp³-hybridized carbons (Fsp3) is 0.333. The van der Waals surface area contributed by atoms with E-state index in [1.165, 1.54) is 11.3 Å². The number of nitrogens with one attached hydrogen (secondary N) is 2. The quantitative estimate of drug-likeness (QED) is 0.833. The molecule has 1 fully saturated rings. The van der Waals surface area contributed by atoms with Crippen LogP contribution < -0.4 is 10.6 Å². The summed E-state index contributed by atoms with van der Waals surface area (Å²) in [6, 6.07) is 7.50. The predicted octanol–water partition coefficient (Wildman–Crippen LogP) is 3.56. The molecule has 1 saturated heterocycles. The van der Waals surface area contributed by atoms with E-state index in [1.807, 2.05) is 31.2 Å². The number of aromatic nitrogens is 1. The maximum absolute atomic E-state index is 12.2. The minimum Gasteiger partial charge on any atom is -0.351 e. The fourth-order valence-corrected chi connectivity index (χ4v) is 3.25. The molecule has 8 heteroatoms. The van der Waals surface area contributed by atoms with E-state index in [0.717, 1.165) is 35.9 Å². The van der Waals surface area contributed by atoms with Gasteiger partial charge in [0.05, 0.1) is 5.69 Å². The molecule has 0 radical (unpaired) electrons. The van der Waals surface area contributed by atoms with Crippen LogP contribution in [0.25, 0.3) is 10.6 Å². The van der Waals surface area contributed by atoms with Crippen molar-refractivity contribution in [2.24, 2.45) is 5.92 Å². The number of amides is 1. The molecule has 0 saturated carbocycles. The van der Waals surface area contributed by atoms with Crippen LogP contribution in [-0.2, 0) is 0 Å². The Morgan fingerprint density at radius 1 is 1.35 bits per heavy atom. The largest absolute Gasteiger partial charge is 0.351 e. The van der Waals surface area contributed by atoms with Gasteiger partial charge in [0.25, 0.3) is 5.91 Å². The van der Waals surface area contributed by atoms with E-state index in [0.29, 0.717) is 15.8 Å². The van der Waals surface area contributed by atoms with E-state index in [2.05, 4.69) is 15.6 Å². The monoisotopic (exact) mass is 393 g/mol. The van der Waals surface area contributed by atoms with Crippen molar-refractivity contribution in [1.29, 1.82) is 0 Å². The number of benzene rings is 1. The second kappa shape index (κ2) is 8.85. The maximum Gasteiger partial charge on any atom is 0.263 e. The van der Waals surface area contributed by atoms with Gasteiger partial charge >= 0.3 is 0 Å². The van der Waals surface area contributed by atoms with Crippen LogP contribution in [0.4, 0.5) is 0 Å². The fourth-order valence-electron chi connectivity index (χ4n) is 2.13. The topological polar surface area (TPSA) is 54.0 Å². The lowest BCUT2D eigenvalue weighted by molar-refractivity contribution is 0.0945. The highest BCUT2D eigenvalue weighted by Gasteiger charge is 2.20. The highest BCUT2D eigenvalue weighted by Crippen LogP contribution is 2.28. The molecule has 126 valence electrons. The molecule has 4 nitrogen and oxygen atoms in total. The van der Waals surface area contributed by atoms with Crippen molar-refractivity contribution in [3.63, 3.8) is 0 Å². The summed E-state index contributed by atoms with van der Waals surface area (Å²) in [6.07, 6.45) is 0. The summed E-state index contributed by atoms with van der Waals surface area (Å²) in [5, 5.41) is 7.72. The van der Waals surface area contributed by atoms with Gasteiger partial charge in [-0.2, -0.15) is 0 Å². The van der Waals surface area contributed by atoms with Gasteiger partial charge in [-0.25, -0.2) is 4.98 Å². The van der Waals surface area contributed by atoms with E-state index in [1.54, 1.807) is 0 Å². The third-order valence-electron chi connectivity index (χ3n) is 3.51. The number of thiazole rings is 1. The van der Waals surface area contributed by atoms with Gasteiger partial charge in [-0.15, -0.1) is 36.2 Å². The maximum atomic E-state index is 12.2. The normalized spacial score (nSPS) is 13.5. The zero-order valence-corrected chi connectivity index (χ0v) is 15.7. The lowest BCUT2D eigenvalue weighted by Gasteiger charge is -2.26. The molecule has 23 heavy (non-hydrogen) atoms. The smallest absolute Gasteiger partial charge is 0.263 e. The molecular weight excluding hydrogens is 377 g/mol. The van der Waals surface area contributed by atoms with Gasteiger partial charge < -0.3 is 10.6 Å². The van der Waals surface area contributed by atoms with Gasteiger partial charge in [0, 0.05) is 36.1 Å². The number of halogens is 3. The van der Waals surface area contributed by atoms with Crippen LogP contribution in [0.1, 0.15) is 15.4 Å². The minimum atomic E-state index is -0.0305. The average Bonchev–Trinajstić information content (AvgIpc) is 2.80. The van der Waals surface area contributed by atoms with Crippen molar-refractivity contribution < 1.29 is 4.79 Å². The van der Waals surface area contributed by atoms with Crippen molar-refractivity contribution in [2.75, 3.05) is 19.6 Å². The van der Waals surface area contributed by atoms with Crippen LogP contribution in [0.5, 0.6) is 0 Å². The molecule has 0 aliphatic carbocycles. The van der Waals surface area contributed by atoms with Gasteiger partial charge in [0.1, 0.15) is 9.88 Å². The summed E-state index contributed by atoms with van der Waals surface area (Å²) < 4.78 is 0. The number of rotatable bonds is 4. The van der Waals surface area contributed by atoms with Gasteiger partial charge in [0.2, 0.25) is 0 Å². The van der Waals surface area contributed by atoms with Gasteiger partial charge in [-0.3, -0.25) is 4.79 Å². The lowest BCUT2D eigenvalue weighted by Crippen LogP contribution is -2.48. The standard InChI is InChI=1S/C15H16ClN3OS.2ClH/c1-9-13(14(20)18-8-10-6-17-7-10)21-15(19-9)11-2-4-12(16)5-3-11;;/h2-5,10,17H,6-8H2,1H3,(H,18,20);2*1H. The van der Waals surface area contributed by atoms with Gasteiger partial charge in [-0.1, -0.05) is 23.7 Å². The van der Waals surface area contributed by atoms with Crippen LogP contribution in [0.15, 0.2) is 24.3 Å². The second-order valence-corrected chi connectivity index (χ2v) is 6.61. The van der Waals surface area contributed by atoms with E-state index in [9.17, 15) is 4.79 Å².